The van der Waals surface area contributed by atoms with E-state index in [1.807, 2.05) is 25.1 Å². The predicted octanol–water partition coefficient (Wildman–Crippen LogP) is 2.27. The Labute approximate surface area is 154 Å². The molecule has 1 fully saturated rings. The molecule has 1 unspecified atom stereocenters. The maximum Gasteiger partial charge on any atom is 0.257 e. The predicted molar refractivity (Wildman–Crippen MR) is 102 cm³/mol. The van der Waals surface area contributed by atoms with Crippen LogP contribution in [0.4, 0.5) is 5.95 Å². The topological polar surface area (TPSA) is 65.1 Å². The van der Waals surface area contributed by atoms with Crippen molar-refractivity contribution in [2.75, 3.05) is 24.5 Å². The summed E-state index contributed by atoms with van der Waals surface area (Å²) in [4.78, 5) is 29.6. The number of H-pyrrole nitrogens is 1. The fourth-order valence-electron chi connectivity index (χ4n) is 4.05. The minimum Gasteiger partial charge on any atom is -0.342 e. The van der Waals surface area contributed by atoms with Crippen LogP contribution in [-0.2, 0) is 19.5 Å². The molecule has 0 bridgehead atoms. The van der Waals surface area contributed by atoms with E-state index in [4.69, 9.17) is 4.98 Å². The summed E-state index contributed by atoms with van der Waals surface area (Å²) in [5.41, 5.74) is 3.88. The van der Waals surface area contributed by atoms with Gasteiger partial charge in [0.1, 0.15) is 0 Å². The molecule has 0 amide bonds. The van der Waals surface area contributed by atoms with Crippen molar-refractivity contribution in [3.63, 3.8) is 0 Å². The molecule has 4 heterocycles. The van der Waals surface area contributed by atoms with Crippen LogP contribution in [0.1, 0.15) is 42.4 Å². The van der Waals surface area contributed by atoms with E-state index >= 15 is 0 Å². The Balaban J connectivity index is 1.52. The molecule has 0 radical (unpaired) electrons. The van der Waals surface area contributed by atoms with Crippen LogP contribution < -0.4 is 10.5 Å². The van der Waals surface area contributed by atoms with E-state index in [1.54, 1.807) is 0 Å². The SMILES string of the molecule is Cc1cccc(CN2CCc3nc(N4CCCC(C)C4)[nH]c(=O)c3C2)n1. The fraction of sp³-hybridized carbons (Fsp3) is 0.550. The summed E-state index contributed by atoms with van der Waals surface area (Å²) in [6.45, 7) is 8.56. The van der Waals surface area contributed by atoms with Gasteiger partial charge in [-0.1, -0.05) is 13.0 Å². The Hall–Kier alpha value is -2.21. The average Bonchev–Trinajstić information content (AvgIpc) is 2.62. The van der Waals surface area contributed by atoms with Crippen molar-refractivity contribution in [3.05, 3.63) is 51.2 Å². The number of fused-ring (bicyclic) bond motifs is 1. The Bertz CT molecular complexity index is 846. The number of aryl methyl sites for hydroxylation is 1. The van der Waals surface area contributed by atoms with Crippen LogP contribution in [0.25, 0.3) is 0 Å². The summed E-state index contributed by atoms with van der Waals surface area (Å²) < 4.78 is 0. The van der Waals surface area contributed by atoms with Gasteiger partial charge in [0.25, 0.3) is 5.56 Å². The molecule has 6 nitrogen and oxygen atoms in total. The number of anilines is 1. The molecule has 0 aromatic carbocycles. The molecular formula is C20H27N5O. The third-order valence-electron chi connectivity index (χ3n) is 5.42. The van der Waals surface area contributed by atoms with Crippen LogP contribution in [0.3, 0.4) is 0 Å². The molecule has 138 valence electrons. The highest BCUT2D eigenvalue weighted by Crippen LogP contribution is 2.22. The number of aromatic amines is 1. The first kappa shape index (κ1) is 17.2. The van der Waals surface area contributed by atoms with Gasteiger partial charge in [0, 0.05) is 44.8 Å². The standard InChI is InChI=1S/C20H27N5O/c1-14-5-4-9-25(11-14)20-22-18-8-10-24(13-17(18)19(26)23-20)12-16-7-3-6-15(2)21-16/h3,6-7,14H,4-5,8-13H2,1-2H3,(H,22,23,26). The molecular weight excluding hydrogens is 326 g/mol. The third-order valence-corrected chi connectivity index (χ3v) is 5.42. The van der Waals surface area contributed by atoms with Crippen LogP contribution in [0, 0.1) is 12.8 Å². The minimum absolute atomic E-state index is 0.0186. The number of pyridine rings is 1. The monoisotopic (exact) mass is 353 g/mol. The van der Waals surface area contributed by atoms with Gasteiger partial charge in [-0.2, -0.15) is 0 Å². The zero-order valence-electron chi connectivity index (χ0n) is 15.7. The fourth-order valence-corrected chi connectivity index (χ4v) is 4.05. The second-order valence-electron chi connectivity index (χ2n) is 7.74. The van der Waals surface area contributed by atoms with Gasteiger partial charge in [0.15, 0.2) is 0 Å². The van der Waals surface area contributed by atoms with Crippen LogP contribution in [0.15, 0.2) is 23.0 Å². The summed E-state index contributed by atoms with van der Waals surface area (Å²) in [5.74, 6) is 1.41. The number of nitrogens with zero attached hydrogens (tertiary/aromatic N) is 4. The van der Waals surface area contributed by atoms with Gasteiger partial charge in [-0.15, -0.1) is 0 Å². The molecule has 0 saturated carbocycles. The van der Waals surface area contributed by atoms with E-state index in [2.05, 4.69) is 26.7 Å². The van der Waals surface area contributed by atoms with E-state index in [0.29, 0.717) is 12.5 Å². The van der Waals surface area contributed by atoms with Gasteiger partial charge in [-0.3, -0.25) is 19.7 Å². The molecule has 2 aromatic rings. The number of piperidine rings is 1. The molecule has 4 rings (SSSR count). The van der Waals surface area contributed by atoms with Gasteiger partial charge in [0.2, 0.25) is 5.95 Å². The molecule has 26 heavy (non-hydrogen) atoms. The van der Waals surface area contributed by atoms with Crippen LogP contribution in [0.5, 0.6) is 0 Å². The number of nitrogens with one attached hydrogen (secondary N) is 1. The Morgan fingerprint density at radius 2 is 2.15 bits per heavy atom. The normalized spacial score (nSPS) is 20.8. The van der Waals surface area contributed by atoms with Crippen LogP contribution >= 0.6 is 0 Å². The zero-order chi connectivity index (χ0) is 18.1. The molecule has 1 atom stereocenters. The third kappa shape index (κ3) is 3.65. The lowest BCUT2D eigenvalue weighted by atomic mass is 10.0. The number of hydrogen-bond donors (Lipinski definition) is 1. The average molecular weight is 353 g/mol. The largest absolute Gasteiger partial charge is 0.342 e. The first-order chi connectivity index (χ1) is 12.6. The van der Waals surface area contributed by atoms with Gasteiger partial charge < -0.3 is 4.90 Å². The lowest BCUT2D eigenvalue weighted by Gasteiger charge is -2.33. The summed E-state index contributed by atoms with van der Waals surface area (Å²) in [6, 6.07) is 6.09. The number of rotatable bonds is 3. The Morgan fingerprint density at radius 1 is 1.27 bits per heavy atom. The maximum absolute atomic E-state index is 12.7. The quantitative estimate of drug-likeness (QED) is 0.917. The lowest BCUT2D eigenvalue weighted by Crippen LogP contribution is -2.39. The molecule has 2 aliphatic rings. The molecule has 1 N–H and O–H groups in total. The Morgan fingerprint density at radius 3 is 2.96 bits per heavy atom. The van der Waals surface area contributed by atoms with Crippen LogP contribution in [0.2, 0.25) is 0 Å². The lowest BCUT2D eigenvalue weighted by molar-refractivity contribution is 0.239. The van der Waals surface area contributed by atoms with Crippen LogP contribution in [-0.4, -0.2) is 39.5 Å². The summed E-state index contributed by atoms with van der Waals surface area (Å²) in [7, 11) is 0. The van der Waals surface area contributed by atoms with E-state index in [0.717, 1.165) is 61.2 Å². The molecule has 6 heteroatoms. The molecule has 1 saturated heterocycles. The van der Waals surface area contributed by atoms with E-state index < -0.39 is 0 Å². The number of hydrogen-bond acceptors (Lipinski definition) is 5. The first-order valence-corrected chi connectivity index (χ1v) is 9.60. The summed E-state index contributed by atoms with van der Waals surface area (Å²) in [5, 5.41) is 0. The highest BCUT2D eigenvalue weighted by atomic mass is 16.1. The minimum atomic E-state index is 0.0186. The highest BCUT2D eigenvalue weighted by molar-refractivity contribution is 5.35. The van der Waals surface area contributed by atoms with E-state index in [9.17, 15) is 4.79 Å². The van der Waals surface area contributed by atoms with Gasteiger partial charge in [-0.25, -0.2) is 4.98 Å². The van der Waals surface area contributed by atoms with Crippen molar-refractivity contribution >= 4 is 5.95 Å². The van der Waals surface area contributed by atoms with E-state index in [1.165, 1.54) is 12.8 Å². The van der Waals surface area contributed by atoms with Crippen molar-refractivity contribution in [3.8, 4) is 0 Å². The molecule has 0 aliphatic carbocycles. The molecule has 2 aromatic heterocycles. The smallest absolute Gasteiger partial charge is 0.257 e. The molecule has 2 aliphatic heterocycles. The van der Waals surface area contributed by atoms with Crippen molar-refractivity contribution in [2.24, 2.45) is 5.92 Å². The molecule has 0 spiro atoms. The van der Waals surface area contributed by atoms with E-state index in [-0.39, 0.29) is 5.56 Å². The zero-order valence-corrected chi connectivity index (χ0v) is 15.7. The van der Waals surface area contributed by atoms with Gasteiger partial charge in [-0.05, 0) is 37.8 Å². The van der Waals surface area contributed by atoms with Crippen molar-refractivity contribution < 1.29 is 0 Å². The van der Waals surface area contributed by atoms with Crippen molar-refractivity contribution in [2.45, 2.75) is 46.2 Å². The first-order valence-electron chi connectivity index (χ1n) is 9.60. The van der Waals surface area contributed by atoms with Crippen molar-refractivity contribution in [1.82, 2.24) is 19.9 Å². The van der Waals surface area contributed by atoms with Gasteiger partial charge >= 0.3 is 0 Å². The summed E-state index contributed by atoms with van der Waals surface area (Å²) in [6.07, 6.45) is 3.24. The van der Waals surface area contributed by atoms with Gasteiger partial charge in [0.05, 0.1) is 17.0 Å². The summed E-state index contributed by atoms with van der Waals surface area (Å²) >= 11 is 0. The second-order valence-corrected chi connectivity index (χ2v) is 7.74. The second kappa shape index (κ2) is 7.19. The van der Waals surface area contributed by atoms with Crippen molar-refractivity contribution in [1.29, 1.82) is 0 Å². The highest BCUT2D eigenvalue weighted by Gasteiger charge is 2.24. The Kier molecular flexibility index (Phi) is 4.76. The maximum atomic E-state index is 12.7. The number of aromatic nitrogens is 3.